The summed E-state index contributed by atoms with van der Waals surface area (Å²) in [4.78, 5) is 43.1. The number of likely N-dealkylation sites (tertiary alicyclic amines) is 1. The van der Waals surface area contributed by atoms with Gasteiger partial charge in [0, 0.05) is 70.6 Å². The SMILES string of the molecule is CC/C(=C\N(C)C)c1ccc(C(=O)N2CCC3(CC2)CCN(c2ccc(OC4CCC(=O)NC4=O)cc2)CC3)cc1. The number of carbonyl (C=O) groups excluding carboxylic acids is 3. The van der Waals surface area contributed by atoms with Crippen LogP contribution in [0.2, 0.25) is 0 Å². The van der Waals surface area contributed by atoms with Crippen molar-refractivity contribution >= 4 is 29.0 Å². The van der Waals surface area contributed by atoms with E-state index in [1.54, 1.807) is 0 Å². The maximum absolute atomic E-state index is 13.3. The number of anilines is 1. The lowest BCUT2D eigenvalue weighted by Gasteiger charge is -2.47. The van der Waals surface area contributed by atoms with E-state index in [0.717, 1.165) is 69.5 Å². The Labute approximate surface area is 243 Å². The Morgan fingerprint density at radius 2 is 1.56 bits per heavy atom. The summed E-state index contributed by atoms with van der Waals surface area (Å²) in [5, 5.41) is 2.33. The van der Waals surface area contributed by atoms with Gasteiger partial charge in [-0.3, -0.25) is 19.7 Å². The minimum absolute atomic E-state index is 0.137. The molecule has 8 nitrogen and oxygen atoms in total. The van der Waals surface area contributed by atoms with Gasteiger partial charge in [-0.2, -0.15) is 0 Å². The van der Waals surface area contributed by atoms with E-state index in [4.69, 9.17) is 4.74 Å². The number of imide groups is 1. The molecule has 2 aromatic rings. The van der Waals surface area contributed by atoms with Gasteiger partial charge in [0.15, 0.2) is 6.10 Å². The average molecular weight is 559 g/mol. The minimum Gasteiger partial charge on any atom is -0.481 e. The Morgan fingerprint density at radius 3 is 2.15 bits per heavy atom. The van der Waals surface area contributed by atoms with Crippen LogP contribution in [0, 0.1) is 5.41 Å². The van der Waals surface area contributed by atoms with E-state index in [2.05, 4.69) is 40.4 Å². The zero-order valence-electron chi connectivity index (χ0n) is 24.5. The zero-order chi connectivity index (χ0) is 29.0. The highest BCUT2D eigenvalue weighted by atomic mass is 16.5. The van der Waals surface area contributed by atoms with Crippen molar-refractivity contribution in [2.75, 3.05) is 45.2 Å². The number of ether oxygens (including phenoxy) is 1. The average Bonchev–Trinajstić information content (AvgIpc) is 2.98. The van der Waals surface area contributed by atoms with Crippen LogP contribution < -0.4 is 15.0 Å². The monoisotopic (exact) mass is 558 g/mol. The molecule has 3 amide bonds. The number of allylic oxidation sites excluding steroid dienone is 1. The van der Waals surface area contributed by atoms with E-state index in [0.29, 0.717) is 24.0 Å². The van der Waals surface area contributed by atoms with Crippen LogP contribution in [0.25, 0.3) is 5.57 Å². The second kappa shape index (κ2) is 12.4. The summed E-state index contributed by atoms with van der Waals surface area (Å²) in [5.74, 6) is 0.169. The van der Waals surface area contributed by atoms with Crippen molar-refractivity contribution in [3.63, 3.8) is 0 Å². The van der Waals surface area contributed by atoms with Gasteiger partial charge in [0.25, 0.3) is 11.8 Å². The minimum atomic E-state index is -0.621. The number of carbonyl (C=O) groups is 3. The third-order valence-electron chi connectivity index (χ3n) is 8.90. The molecule has 0 bridgehead atoms. The van der Waals surface area contributed by atoms with Gasteiger partial charge in [0.05, 0.1) is 0 Å². The smallest absolute Gasteiger partial charge is 0.267 e. The lowest BCUT2D eigenvalue weighted by molar-refractivity contribution is -0.138. The summed E-state index contributed by atoms with van der Waals surface area (Å²) >= 11 is 0. The molecule has 1 atom stereocenters. The van der Waals surface area contributed by atoms with E-state index in [1.807, 2.05) is 55.4 Å². The van der Waals surface area contributed by atoms with Crippen LogP contribution in [0.5, 0.6) is 5.75 Å². The number of rotatable bonds is 7. The van der Waals surface area contributed by atoms with Crippen molar-refractivity contribution in [2.45, 2.75) is 58.0 Å². The Hall–Kier alpha value is -3.81. The fourth-order valence-electron chi connectivity index (χ4n) is 6.30. The zero-order valence-corrected chi connectivity index (χ0v) is 24.5. The third-order valence-corrected chi connectivity index (χ3v) is 8.90. The Kier molecular flexibility index (Phi) is 8.66. The quantitative estimate of drug-likeness (QED) is 0.496. The highest BCUT2D eigenvalue weighted by Gasteiger charge is 2.38. The molecule has 0 saturated carbocycles. The van der Waals surface area contributed by atoms with Gasteiger partial charge in [-0.05, 0) is 85.1 Å². The molecule has 1 N–H and O–H groups in total. The molecular weight excluding hydrogens is 516 g/mol. The summed E-state index contributed by atoms with van der Waals surface area (Å²) in [6, 6.07) is 16.0. The van der Waals surface area contributed by atoms with Gasteiger partial charge in [-0.1, -0.05) is 19.1 Å². The molecule has 3 heterocycles. The van der Waals surface area contributed by atoms with Crippen molar-refractivity contribution in [1.29, 1.82) is 0 Å². The summed E-state index contributed by atoms with van der Waals surface area (Å²) in [7, 11) is 4.06. The molecule has 0 radical (unpaired) electrons. The number of hydrogen-bond donors (Lipinski definition) is 1. The topological polar surface area (TPSA) is 82.2 Å². The summed E-state index contributed by atoms with van der Waals surface area (Å²) in [5.41, 5.74) is 4.65. The lowest BCUT2D eigenvalue weighted by atomic mass is 9.71. The van der Waals surface area contributed by atoms with Crippen LogP contribution in [-0.4, -0.2) is 73.9 Å². The van der Waals surface area contributed by atoms with Crippen molar-refractivity contribution in [1.82, 2.24) is 15.1 Å². The van der Waals surface area contributed by atoms with Gasteiger partial charge >= 0.3 is 0 Å². The van der Waals surface area contributed by atoms with E-state index in [9.17, 15) is 14.4 Å². The summed E-state index contributed by atoms with van der Waals surface area (Å²) < 4.78 is 5.83. The maximum atomic E-state index is 13.3. The molecule has 0 aliphatic carbocycles. The second-order valence-corrected chi connectivity index (χ2v) is 11.9. The normalized spacial score (nSPS) is 21.0. The molecular formula is C33H42N4O4. The van der Waals surface area contributed by atoms with E-state index >= 15 is 0 Å². The predicted molar refractivity (Wildman–Crippen MR) is 161 cm³/mol. The van der Waals surface area contributed by atoms with Crippen molar-refractivity contribution < 1.29 is 19.1 Å². The molecule has 3 aliphatic heterocycles. The standard InChI is InChI=1S/C33H42N4O4/c1-4-24(23-35(2)3)25-5-7-26(8-6-25)32(40)37-21-17-33(18-22-37)15-19-36(20-16-33)27-9-11-28(12-10-27)41-29-13-14-30(38)34-31(29)39/h5-12,23,29H,4,13-22H2,1-3H3,(H,34,38,39)/b24-23+. The largest absolute Gasteiger partial charge is 0.481 e. The van der Waals surface area contributed by atoms with Gasteiger partial charge in [-0.15, -0.1) is 0 Å². The molecule has 3 fully saturated rings. The summed E-state index contributed by atoms with van der Waals surface area (Å²) in [6.45, 7) is 5.76. The first-order valence-electron chi connectivity index (χ1n) is 14.9. The highest BCUT2D eigenvalue weighted by Crippen LogP contribution is 2.42. The molecule has 5 rings (SSSR count). The molecule has 41 heavy (non-hydrogen) atoms. The predicted octanol–water partition coefficient (Wildman–Crippen LogP) is 4.71. The van der Waals surface area contributed by atoms with E-state index in [-0.39, 0.29) is 17.7 Å². The lowest BCUT2D eigenvalue weighted by Crippen LogP contribution is -2.48. The second-order valence-electron chi connectivity index (χ2n) is 11.9. The van der Waals surface area contributed by atoms with E-state index in [1.165, 1.54) is 11.1 Å². The van der Waals surface area contributed by atoms with Crippen LogP contribution in [-0.2, 0) is 9.59 Å². The molecule has 218 valence electrons. The Bertz CT molecular complexity index is 1270. The van der Waals surface area contributed by atoms with Crippen LogP contribution in [0.4, 0.5) is 5.69 Å². The number of nitrogens with one attached hydrogen (secondary N) is 1. The number of amides is 3. The van der Waals surface area contributed by atoms with Crippen molar-refractivity contribution in [3.8, 4) is 5.75 Å². The van der Waals surface area contributed by atoms with Crippen LogP contribution >= 0.6 is 0 Å². The third kappa shape index (κ3) is 6.75. The first-order chi connectivity index (χ1) is 19.7. The molecule has 1 unspecified atom stereocenters. The van der Waals surface area contributed by atoms with Gasteiger partial charge in [0.2, 0.25) is 5.91 Å². The molecule has 8 heteroatoms. The van der Waals surface area contributed by atoms with Crippen LogP contribution in [0.3, 0.4) is 0 Å². The molecule has 1 spiro atoms. The van der Waals surface area contributed by atoms with E-state index < -0.39 is 6.10 Å². The van der Waals surface area contributed by atoms with Gasteiger partial charge in [-0.25, -0.2) is 0 Å². The number of piperidine rings is 3. The van der Waals surface area contributed by atoms with Crippen molar-refractivity contribution in [2.24, 2.45) is 5.41 Å². The number of hydrogen-bond acceptors (Lipinski definition) is 6. The summed E-state index contributed by atoms with van der Waals surface area (Å²) in [6.07, 6.45) is 7.52. The van der Waals surface area contributed by atoms with Crippen molar-refractivity contribution in [3.05, 3.63) is 65.9 Å². The molecule has 2 aromatic carbocycles. The fraction of sp³-hybridized carbons (Fsp3) is 0.485. The first kappa shape index (κ1) is 28.7. The van der Waals surface area contributed by atoms with Crippen LogP contribution in [0.15, 0.2) is 54.7 Å². The highest BCUT2D eigenvalue weighted by molar-refractivity contribution is 6.00. The Morgan fingerprint density at radius 1 is 0.951 bits per heavy atom. The van der Waals surface area contributed by atoms with Gasteiger partial charge in [0.1, 0.15) is 5.75 Å². The molecule has 3 aliphatic rings. The number of benzene rings is 2. The number of nitrogens with zero attached hydrogens (tertiary/aromatic N) is 3. The molecule has 0 aromatic heterocycles. The van der Waals surface area contributed by atoms with Crippen LogP contribution in [0.1, 0.15) is 67.8 Å². The Balaban J connectivity index is 1.10. The molecule has 3 saturated heterocycles. The first-order valence-corrected chi connectivity index (χ1v) is 14.9. The maximum Gasteiger partial charge on any atom is 0.267 e. The fourth-order valence-corrected chi connectivity index (χ4v) is 6.30. The van der Waals surface area contributed by atoms with Gasteiger partial charge < -0.3 is 19.4 Å².